The smallest absolute Gasteiger partial charge is 0.0897 e. The first-order valence-corrected chi connectivity index (χ1v) is 12.3. The number of allylic oxidation sites excluding steroid dienone is 2. The predicted octanol–water partition coefficient (Wildman–Crippen LogP) is 8.98. The van der Waals surface area contributed by atoms with Crippen LogP contribution in [0, 0.1) is 5.92 Å². The molecule has 0 amide bonds. The Kier molecular flexibility index (Phi) is 7.78. The lowest BCUT2D eigenvalue weighted by Gasteiger charge is -2.27. The molecule has 0 aliphatic heterocycles. The van der Waals surface area contributed by atoms with Crippen molar-refractivity contribution in [3.63, 3.8) is 0 Å². The summed E-state index contributed by atoms with van der Waals surface area (Å²) in [6, 6.07) is 18.7. The van der Waals surface area contributed by atoms with Crippen LogP contribution in [0.1, 0.15) is 93.6 Å². The van der Waals surface area contributed by atoms with E-state index in [9.17, 15) is 4.39 Å². The first-order valence-electron chi connectivity index (χ1n) is 12.3. The van der Waals surface area contributed by atoms with Gasteiger partial charge in [-0.05, 0) is 91.4 Å². The predicted molar refractivity (Wildman–Crippen MR) is 127 cm³/mol. The lowest BCUT2D eigenvalue weighted by molar-refractivity contribution is 0.375. The maximum Gasteiger partial charge on any atom is 0.0897 e. The Morgan fingerprint density at radius 1 is 0.667 bits per heavy atom. The van der Waals surface area contributed by atoms with Gasteiger partial charge >= 0.3 is 0 Å². The summed E-state index contributed by atoms with van der Waals surface area (Å²) < 4.78 is 12.2. The van der Waals surface area contributed by atoms with Gasteiger partial charge in [0.25, 0.3) is 0 Å². The van der Waals surface area contributed by atoms with Gasteiger partial charge in [0.15, 0.2) is 0 Å². The molecule has 0 spiro atoms. The van der Waals surface area contributed by atoms with Crippen molar-refractivity contribution in [3.05, 3.63) is 71.8 Å². The molecule has 2 fully saturated rings. The number of alkyl halides is 1. The van der Waals surface area contributed by atoms with Gasteiger partial charge in [-0.2, -0.15) is 0 Å². The van der Waals surface area contributed by atoms with E-state index in [1.54, 1.807) is 0 Å². The fourth-order valence-corrected chi connectivity index (χ4v) is 5.46. The molecule has 0 aromatic heterocycles. The molecule has 0 heterocycles. The lowest BCUT2D eigenvalue weighted by Crippen LogP contribution is -2.11. The highest BCUT2D eigenvalue weighted by Crippen LogP contribution is 2.37. The summed E-state index contributed by atoms with van der Waals surface area (Å²) in [6.07, 6.45) is 18.1. The van der Waals surface area contributed by atoms with Crippen LogP contribution in [0.3, 0.4) is 0 Å². The number of unbranched alkanes of at least 4 members (excludes halogenated alkanes) is 1. The number of hydrogen-bond acceptors (Lipinski definition) is 0. The number of hydrogen-bond donors (Lipinski definition) is 0. The van der Waals surface area contributed by atoms with Gasteiger partial charge in [0, 0.05) is 0 Å². The Bertz CT molecular complexity index is 772. The van der Waals surface area contributed by atoms with Gasteiger partial charge in [0.2, 0.25) is 0 Å². The van der Waals surface area contributed by atoms with Crippen LogP contribution < -0.4 is 0 Å². The molecule has 0 bridgehead atoms. The molecule has 2 saturated carbocycles. The molecule has 0 N–H and O–H groups in total. The Morgan fingerprint density at radius 3 is 1.73 bits per heavy atom. The summed E-state index contributed by atoms with van der Waals surface area (Å²) in [5, 5.41) is 0. The number of halogens is 1. The van der Waals surface area contributed by atoms with Gasteiger partial charge in [0.1, 0.15) is 0 Å². The van der Waals surface area contributed by atoms with Crippen LogP contribution in [-0.4, -0.2) is 6.67 Å². The molecule has 1 heteroatoms. The van der Waals surface area contributed by atoms with E-state index in [4.69, 9.17) is 0 Å². The minimum atomic E-state index is -0.197. The van der Waals surface area contributed by atoms with Crippen LogP contribution in [0.5, 0.6) is 0 Å². The van der Waals surface area contributed by atoms with E-state index < -0.39 is 0 Å². The second-order valence-corrected chi connectivity index (χ2v) is 9.45. The first-order chi connectivity index (χ1) is 14.8. The van der Waals surface area contributed by atoms with Gasteiger partial charge < -0.3 is 0 Å². The molecule has 2 aliphatic carbocycles. The van der Waals surface area contributed by atoms with E-state index in [1.807, 2.05) is 0 Å². The third-order valence-electron chi connectivity index (χ3n) is 7.39. The van der Waals surface area contributed by atoms with E-state index in [2.05, 4.69) is 60.7 Å². The minimum Gasteiger partial charge on any atom is -0.251 e. The molecule has 160 valence electrons. The monoisotopic (exact) mass is 404 g/mol. The molecular weight excluding hydrogens is 367 g/mol. The molecule has 30 heavy (non-hydrogen) atoms. The zero-order valence-electron chi connectivity index (χ0n) is 18.4. The van der Waals surface area contributed by atoms with E-state index in [-0.39, 0.29) is 6.67 Å². The van der Waals surface area contributed by atoms with Gasteiger partial charge in [-0.1, -0.05) is 79.9 Å². The van der Waals surface area contributed by atoms with Crippen molar-refractivity contribution in [2.45, 2.75) is 82.5 Å². The molecule has 0 saturated heterocycles. The molecule has 0 atom stereocenters. The van der Waals surface area contributed by atoms with E-state index >= 15 is 0 Å². The summed E-state index contributed by atoms with van der Waals surface area (Å²) in [6.45, 7) is -0.197. The standard InChI is InChI=1S/C29H37F/c30-22-6-2-3-7-23-10-12-25(13-11-23)27-18-20-29(21-19-27)28-16-14-26(15-17-28)24-8-4-1-5-9-24/h3,7,14-21,23-25H,1-2,4-6,8-13,22H2/b7-3+. The number of benzene rings is 2. The molecule has 2 aromatic carbocycles. The summed E-state index contributed by atoms with van der Waals surface area (Å²) in [7, 11) is 0. The van der Waals surface area contributed by atoms with E-state index in [1.165, 1.54) is 80.0 Å². The summed E-state index contributed by atoms with van der Waals surface area (Å²) in [5.41, 5.74) is 5.70. The van der Waals surface area contributed by atoms with Crippen LogP contribution in [0.4, 0.5) is 4.39 Å². The summed E-state index contributed by atoms with van der Waals surface area (Å²) in [5.74, 6) is 2.18. The molecular formula is C29H37F. The van der Waals surface area contributed by atoms with E-state index in [0.29, 0.717) is 18.3 Å². The Hall–Kier alpha value is -1.89. The normalized spacial score (nSPS) is 23.1. The van der Waals surface area contributed by atoms with Crippen molar-refractivity contribution in [1.29, 1.82) is 0 Å². The van der Waals surface area contributed by atoms with Gasteiger partial charge in [-0.3, -0.25) is 4.39 Å². The SMILES string of the molecule is FCCC/C=C/C1CCC(c2ccc(-c3ccc(C4CCCCC4)cc3)cc2)CC1. The zero-order valence-corrected chi connectivity index (χ0v) is 18.4. The van der Waals surface area contributed by atoms with Crippen LogP contribution in [0.25, 0.3) is 11.1 Å². The molecule has 0 radical (unpaired) electrons. The van der Waals surface area contributed by atoms with Crippen molar-refractivity contribution in [3.8, 4) is 11.1 Å². The molecule has 0 unspecified atom stereocenters. The highest BCUT2D eigenvalue weighted by Gasteiger charge is 2.21. The minimum absolute atomic E-state index is 0.197. The zero-order chi connectivity index (χ0) is 20.6. The highest BCUT2D eigenvalue weighted by atomic mass is 19.1. The molecule has 0 nitrogen and oxygen atoms in total. The molecule has 4 rings (SSSR count). The largest absolute Gasteiger partial charge is 0.251 e. The van der Waals surface area contributed by atoms with Crippen LogP contribution in [0.15, 0.2) is 60.7 Å². The van der Waals surface area contributed by atoms with Gasteiger partial charge in [-0.25, -0.2) is 0 Å². The fourth-order valence-electron chi connectivity index (χ4n) is 5.46. The summed E-state index contributed by atoms with van der Waals surface area (Å²) >= 11 is 0. The maximum atomic E-state index is 12.2. The highest BCUT2D eigenvalue weighted by molar-refractivity contribution is 5.64. The lowest BCUT2D eigenvalue weighted by atomic mass is 9.78. The maximum absolute atomic E-state index is 12.2. The summed E-state index contributed by atoms with van der Waals surface area (Å²) in [4.78, 5) is 0. The topological polar surface area (TPSA) is 0 Å². The van der Waals surface area contributed by atoms with Crippen molar-refractivity contribution in [2.24, 2.45) is 5.92 Å². The van der Waals surface area contributed by atoms with Crippen molar-refractivity contribution in [2.75, 3.05) is 6.67 Å². The Morgan fingerprint density at radius 2 is 1.20 bits per heavy atom. The quantitative estimate of drug-likeness (QED) is 0.319. The van der Waals surface area contributed by atoms with Crippen LogP contribution >= 0.6 is 0 Å². The second-order valence-electron chi connectivity index (χ2n) is 9.45. The second kappa shape index (κ2) is 10.9. The van der Waals surface area contributed by atoms with Crippen LogP contribution in [-0.2, 0) is 0 Å². The van der Waals surface area contributed by atoms with Crippen molar-refractivity contribution < 1.29 is 4.39 Å². The Labute approximate surface area is 182 Å². The van der Waals surface area contributed by atoms with Gasteiger partial charge in [0.05, 0.1) is 6.67 Å². The fraction of sp³-hybridized carbons (Fsp3) is 0.517. The number of rotatable bonds is 7. The average Bonchev–Trinajstić information content (AvgIpc) is 2.83. The average molecular weight is 405 g/mol. The molecule has 2 aromatic rings. The third-order valence-corrected chi connectivity index (χ3v) is 7.39. The Balaban J connectivity index is 1.31. The van der Waals surface area contributed by atoms with Crippen molar-refractivity contribution in [1.82, 2.24) is 0 Å². The molecule has 2 aliphatic rings. The van der Waals surface area contributed by atoms with E-state index in [0.717, 1.165) is 12.3 Å². The first kappa shape index (κ1) is 21.3. The van der Waals surface area contributed by atoms with Crippen LogP contribution in [0.2, 0.25) is 0 Å². The van der Waals surface area contributed by atoms with Crippen molar-refractivity contribution >= 4 is 0 Å². The van der Waals surface area contributed by atoms with Gasteiger partial charge in [-0.15, -0.1) is 0 Å². The third kappa shape index (κ3) is 5.62.